The summed E-state index contributed by atoms with van der Waals surface area (Å²) in [5, 5.41) is 12.6. The summed E-state index contributed by atoms with van der Waals surface area (Å²) < 4.78 is 16.7. The first kappa shape index (κ1) is 23.8. The van der Waals surface area contributed by atoms with Crippen LogP contribution in [0.4, 0.5) is 5.69 Å². The Morgan fingerprint density at radius 1 is 1.06 bits per heavy atom. The van der Waals surface area contributed by atoms with Crippen LogP contribution in [-0.4, -0.2) is 38.3 Å². The average molecular weight is 482 g/mol. The van der Waals surface area contributed by atoms with Gasteiger partial charge >= 0.3 is 5.97 Å². The predicted octanol–water partition coefficient (Wildman–Crippen LogP) is 3.80. The molecule has 4 rings (SSSR count). The van der Waals surface area contributed by atoms with Crippen molar-refractivity contribution >= 4 is 29.2 Å². The topological polar surface area (TPSA) is 85.3 Å². The largest absolute Gasteiger partial charge is 0.497 e. The van der Waals surface area contributed by atoms with Gasteiger partial charge in [0.15, 0.2) is 0 Å². The normalized spacial score (nSPS) is 18.9. The number of hydrogen-bond donors (Lipinski definition) is 1. The molecule has 3 aromatic rings. The second kappa shape index (κ2) is 9.10. The van der Waals surface area contributed by atoms with E-state index < -0.39 is 23.1 Å². The van der Waals surface area contributed by atoms with Crippen molar-refractivity contribution in [2.24, 2.45) is 0 Å². The van der Waals surface area contributed by atoms with Gasteiger partial charge in [0.1, 0.15) is 5.75 Å². The van der Waals surface area contributed by atoms with Gasteiger partial charge in [0.05, 0.1) is 26.5 Å². The van der Waals surface area contributed by atoms with Gasteiger partial charge in [-0.2, -0.15) is 0 Å². The molecule has 0 spiro atoms. The summed E-state index contributed by atoms with van der Waals surface area (Å²) in [6.45, 7) is -0.0861. The molecular weight excluding hydrogens is 458 g/mol. The number of fused-ring (bicyclic) bond motifs is 1. The number of rotatable bonds is 7. The monoisotopic (exact) mass is 481 g/mol. The van der Waals surface area contributed by atoms with Crippen LogP contribution in [0.5, 0.6) is 5.75 Å². The summed E-state index contributed by atoms with van der Waals surface area (Å²) in [6.07, 6.45) is 0. The van der Waals surface area contributed by atoms with Crippen LogP contribution in [-0.2, 0) is 36.9 Å². The Kier molecular flexibility index (Phi) is 6.36. The second-order valence-corrected chi connectivity index (χ2v) is 8.35. The fourth-order valence-corrected chi connectivity index (χ4v) is 4.53. The number of ether oxygens (including phenoxy) is 3. The third-order valence-corrected chi connectivity index (χ3v) is 6.34. The minimum atomic E-state index is -2.47. The fourth-order valence-electron chi connectivity index (χ4n) is 4.35. The van der Waals surface area contributed by atoms with Crippen LogP contribution in [0.1, 0.15) is 16.7 Å². The molecule has 1 amide bonds. The van der Waals surface area contributed by atoms with Crippen LogP contribution in [0.3, 0.4) is 0 Å². The average Bonchev–Trinajstić information content (AvgIpc) is 3.06. The lowest BCUT2D eigenvalue weighted by atomic mass is 9.73. The highest BCUT2D eigenvalue weighted by molar-refractivity contribution is 6.31. The Labute approximate surface area is 202 Å². The van der Waals surface area contributed by atoms with Crippen molar-refractivity contribution in [1.29, 1.82) is 0 Å². The van der Waals surface area contributed by atoms with Crippen LogP contribution in [0, 0.1) is 0 Å². The van der Waals surface area contributed by atoms with Gasteiger partial charge in [-0.1, -0.05) is 54.1 Å². The molecule has 1 heterocycles. The molecule has 34 heavy (non-hydrogen) atoms. The van der Waals surface area contributed by atoms with Gasteiger partial charge in [0.25, 0.3) is 5.91 Å². The minimum Gasteiger partial charge on any atom is -0.497 e. The molecule has 0 saturated carbocycles. The molecule has 0 radical (unpaired) electrons. The first-order valence-corrected chi connectivity index (χ1v) is 10.9. The Balaban J connectivity index is 2.00. The zero-order valence-corrected chi connectivity index (χ0v) is 19.7. The van der Waals surface area contributed by atoms with E-state index in [1.54, 1.807) is 36.4 Å². The highest BCUT2D eigenvalue weighted by Gasteiger charge is 2.69. The molecule has 0 saturated heterocycles. The molecule has 7 nitrogen and oxygen atoms in total. The molecule has 1 aliphatic rings. The molecular formula is C26H24ClNO6. The highest BCUT2D eigenvalue weighted by atomic mass is 35.5. The Morgan fingerprint density at radius 3 is 2.35 bits per heavy atom. The summed E-state index contributed by atoms with van der Waals surface area (Å²) in [5.74, 6) is -1.17. The number of esters is 1. The van der Waals surface area contributed by atoms with E-state index in [9.17, 15) is 14.7 Å². The van der Waals surface area contributed by atoms with Crippen molar-refractivity contribution in [1.82, 2.24) is 0 Å². The molecule has 3 aromatic carbocycles. The van der Waals surface area contributed by atoms with Gasteiger partial charge in [-0.05, 0) is 41.5 Å². The number of carbonyl (C=O) groups excluding carboxylic acids is 2. The number of halogens is 1. The van der Waals surface area contributed by atoms with Gasteiger partial charge < -0.3 is 24.2 Å². The molecule has 0 bridgehead atoms. The number of hydrogen-bond acceptors (Lipinski definition) is 6. The van der Waals surface area contributed by atoms with Crippen LogP contribution in [0.2, 0.25) is 5.02 Å². The SMILES string of the molecule is COC(=O)[C@](OCc1ccccc1)(c1ccc(OC)cc1)[C@]1(O)C(=O)N(C)c2ccc(Cl)cc21. The standard InChI is InChI=1S/C26H24ClNO6/c1-28-22-14-11-19(27)15-21(22)25(31,23(28)29)26(24(30)33-3,18-9-12-20(32-2)13-10-18)34-16-17-7-5-4-6-8-17/h4-15,31H,16H2,1-3H3/t25-,26-/m1/s1. The first-order chi connectivity index (χ1) is 16.3. The highest BCUT2D eigenvalue weighted by Crippen LogP contribution is 2.53. The maximum atomic E-state index is 13.7. The van der Waals surface area contributed by atoms with Crippen molar-refractivity contribution in [2.75, 3.05) is 26.2 Å². The van der Waals surface area contributed by atoms with E-state index in [0.29, 0.717) is 11.4 Å². The van der Waals surface area contributed by atoms with E-state index in [4.69, 9.17) is 25.8 Å². The lowest BCUT2D eigenvalue weighted by molar-refractivity contribution is -0.220. The van der Waals surface area contributed by atoms with Gasteiger partial charge in [0, 0.05) is 17.6 Å². The maximum absolute atomic E-state index is 13.7. The summed E-state index contributed by atoms with van der Waals surface area (Å²) in [5.41, 5.74) is -3.24. The van der Waals surface area contributed by atoms with Crippen molar-refractivity contribution in [2.45, 2.75) is 17.8 Å². The summed E-state index contributed by atoms with van der Waals surface area (Å²) >= 11 is 6.25. The number of aliphatic hydroxyl groups is 1. The number of nitrogens with zero attached hydrogens (tertiary/aromatic N) is 1. The summed E-state index contributed by atoms with van der Waals surface area (Å²) in [7, 11) is 4.20. The number of anilines is 1. The van der Waals surface area contributed by atoms with E-state index in [1.807, 2.05) is 30.3 Å². The first-order valence-electron chi connectivity index (χ1n) is 10.5. The number of methoxy groups -OCH3 is 2. The van der Waals surface area contributed by atoms with Crippen LogP contribution in [0.15, 0.2) is 72.8 Å². The lowest BCUT2D eigenvalue weighted by Crippen LogP contribution is -2.61. The molecule has 0 aliphatic carbocycles. The molecule has 176 valence electrons. The Bertz CT molecular complexity index is 1220. The van der Waals surface area contributed by atoms with Crippen molar-refractivity contribution in [3.8, 4) is 5.75 Å². The smallest absolute Gasteiger partial charge is 0.346 e. The number of benzene rings is 3. The van der Waals surface area contributed by atoms with E-state index >= 15 is 0 Å². The number of amides is 1. The van der Waals surface area contributed by atoms with Crippen molar-refractivity contribution < 1.29 is 28.9 Å². The molecule has 0 fully saturated rings. The molecule has 2 atom stereocenters. The fraction of sp³-hybridized carbons (Fsp3) is 0.231. The molecule has 0 unspecified atom stereocenters. The summed E-state index contributed by atoms with van der Waals surface area (Å²) in [4.78, 5) is 28.6. The summed E-state index contributed by atoms with van der Waals surface area (Å²) in [6, 6.07) is 20.2. The van der Waals surface area contributed by atoms with Crippen molar-refractivity contribution in [3.63, 3.8) is 0 Å². The number of likely N-dealkylation sites (N-methyl/N-ethyl adjacent to an activating group) is 1. The van der Waals surface area contributed by atoms with Crippen LogP contribution in [0.25, 0.3) is 0 Å². The minimum absolute atomic E-state index is 0.0861. The van der Waals surface area contributed by atoms with Gasteiger partial charge in [-0.25, -0.2) is 4.79 Å². The quantitative estimate of drug-likeness (QED) is 0.517. The Hall–Kier alpha value is -3.39. The van der Waals surface area contributed by atoms with E-state index in [0.717, 1.165) is 5.56 Å². The van der Waals surface area contributed by atoms with Gasteiger partial charge in [-0.15, -0.1) is 0 Å². The molecule has 1 aliphatic heterocycles. The van der Waals surface area contributed by atoms with E-state index in [-0.39, 0.29) is 22.8 Å². The zero-order valence-electron chi connectivity index (χ0n) is 18.9. The van der Waals surface area contributed by atoms with Crippen LogP contribution < -0.4 is 9.64 Å². The third kappa shape index (κ3) is 3.53. The molecule has 0 aromatic heterocycles. The van der Waals surface area contributed by atoms with Crippen molar-refractivity contribution in [3.05, 3.63) is 94.5 Å². The number of carbonyl (C=O) groups is 2. The van der Waals surface area contributed by atoms with E-state index in [1.165, 1.54) is 32.2 Å². The van der Waals surface area contributed by atoms with Gasteiger partial charge in [0.2, 0.25) is 11.2 Å². The van der Waals surface area contributed by atoms with Crippen LogP contribution >= 0.6 is 11.6 Å². The second-order valence-electron chi connectivity index (χ2n) is 7.91. The molecule has 1 N–H and O–H groups in total. The lowest BCUT2D eigenvalue weighted by Gasteiger charge is -2.41. The predicted molar refractivity (Wildman–Crippen MR) is 127 cm³/mol. The molecule has 8 heteroatoms. The third-order valence-electron chi connectivity index (χ3n) is 6.10. The van der Waals surface area contributed by atoms with E-state index in [2.05, 4.69) is 0 Å². The Morgan fingerprint density at radius 2 is 1.74 bits per heavy atom. The van der Waals surface area contributed by atoms with Gasteiger partial charge in [-0.3, -0.25) is 4.79 Å². The zero-order chi connectivity index (χ0) is 24.5. The maximum Gasteiger partial charge on any atom is 0.346 e.